The van der Waals surface area contributed by atoms with Crippen molar-refractivity contribution in [3.63, 3.8) is 0 Å². The van der Waals surface area contributed by atoms with Gasteiger partial charge in [-0.1, -0.05) is 23.4 Å². The third kappa shape index (κ3) is 3.55. The zero-order valence-corrected chi connectivity index (χ0v) is 10.7. The molecule has 0 aliphatic heterocycles. The molecule has 0 aliphatic carbocycles. The van der Waals surface area contributed by atoms with Gasteiger partial charge in [-0.05, 0) is 12.1 Å². The molecule has 5 heteroatoms. The second-order valence-electron chi connectivity index (χ2n) is 3.15. The zero-order valence-electron chi connectivity index (χ0n) is 9.22. The van der Waals surface area contributed by atoms with Gasteiger partial charge < -0.3 is 10.5 Å². The number of benzene rings is 1. The molecule has 0 aliphatic rings. The van der Waals surface area contributed by atoms with E-state index in [0.717, 1.165) is 0 Å². The van der Waals surface area contributed by atoms with Crippen LogP contribution in [-0.2, 0) is 4.74 Å². The summed E-state index contributed by atoms with van der Waals surface area (Å²) in [5.74, 6) is 5.60. The van der Waals surface area contributed by atoms with Crippen molar-refractivity contribution < 1.29 is 9.53 Å². The van der Waals surface area contributed by atoms with E-state index in [1.807, 2.05) is 0 Å². The average Bonchev–Trinajstić information content (AvgIpc) is 2.31. The first-order valence-corrected chi connectivity index (χ1v) is 5.73. The van der Waals surface area contributed by atoms with Crippen molar-refractivity contribution in [3.05, 3.63) is 28.3 Å². The summed E-state index contributed by atoms with van der Waals surface area (Å²) in [6, 6.07) is 3.00. The first kappa shape index (κ1) is 13.7. The van der Waals surface area contributed by atoms with Crippen LogP contribution in [0.5, 0.6) is 0 Å². The molecular formula is C12H11Cl2NO2. The number of nitrogens with two attached hydrogens (primary N) is 1. The van der Waals surface area contributed by atoms with Gasteiger partial charge in [0.2, 0.25) is 0 Å². The Morgan fingerprint density at radius 3 is 2.82 bits per heavy atom. The summed E-state index contributed by atoms with van der Waals surface area (Å²) in [7, 11) is 1.29. The van der Waals surface area contributed by atoms with E-state index in [0.29, 0.717) is 22.9 Å². The molecule has 0 unspecified atom stereocenters. The molecule has 0 saturated carbocycles. The van der Waals surface area contributed by atoms with Crippen LogP contribution in [-0.4, -0.2) is 19.0 Å². The Morgan fingerprint density at radius 2 is 2.24 bits per heavy atom. The number of hydrogen-bond acceptors (Lipinski definition) is 3. The summed E-state index contributed by atoms with van der Waals surface area (Å²) in [6.07, 6.45) is 0.551. The largest absolute Gasteiger partial charge is 0.465 e. The lowest BCUT2D eigenvalue weighted by Crippen LogP contribution is -2.06. The van der Waals surface area contributed by atoms with Gasteiger partial charge in [-0.3, -0.25) is 0 Å². The molecular weight excluding hydrogens is 261 g/mol. The maximum atomic E-state index is 11.4. The molecule has 0 fully saturated rings. The standard InChI is InChI=1S/C12H11Cl2NO2/c1-17-12(16)9-6-8(4-2-3-5-13)10(14)7-11(9)15/h6-7H,3,5,15H2,1H3. The van der Waals surface area contributed by atoms with Crippen molar-refractivity contribution in [1.29, 1.82) is 0 Å². The van der Waals surface area contributed by atoms with E-state index >= 15 is 0 Å². The Hall–Kier alpha value is -1.37. The Kier molecular flexibility index (Phi) is 5.14. The highest BCUT2D eigenvalue weighted by Gasteiger charge is 2.12. The molecule has 2 N–H and O–H groups in total. The second-order valence-corrected chi connectivity index (χ2v) is 3.94. The Labute approximate surface area is 110 Å². The van der Waals surface area contributed by atoms with E-state index in [9.17, 15) is 4.79 Å². The lowest BCUT2D eigenvalue weighted by molar-refractivity contribution is 0.0602. The van der Waals surface area contributed by atoms with Gasteiger partial charge in [0, 0.05) is 23.6 Å². The quantitative estimate of drug-likeness (QED) is 0.390. The highest BCUT2D eigenvalue weighted by Crippen LogP contribution is 2.23. The van der Waals surface area contributed by atoms with Gasteiger partial charge in [0.05, 0.1) is 17.7 Å². The third-order valence-corrected chi connectivity index (χ3v) is 2.49. The van der Waals surface area contributed by atoms with Crippen molar-refractivity contribution in [2.75, 3.05) is 18.7 Å². The molecule has 3 nitrogen and oxygen atoms in total. The highest BCUT2D eigenvalue weighted by molar-refractivity contribution is 6.32. The predicted octanol–water partition coefficient (Wildman–Crippen LogP) is 2.69. The summed E-state index contributed by atoms with van der Waals surface area (Å²) >= 11 is 11.5. The van der Waals surface area contributed by atoms with Crippen LogP contribution >= 0.6 is 23.2 Å². The fourth-order valence-corrected chi connectivity index (χ4v) is 1.49. The van der Waals surface area contributed by atoms with Crippen molar-refractivity contribution in [3.8, 4) is 11.8 Å². The number of ether oxygens (including phenoxy) is 1. The lowest BCUT2D eigenvalue weighted by Gasteiger charge is -2.05. The predicted molar refractivity (Wildman–Crippen MR) is 69.4 cm³/mol. The molecule has 0 spiro atoms. The van der Waals surface area contributed by atoms with Crippen LogP contribution in [0.1, 0.15) is 22.3 Å². The number of hydrogen-bond donors (Lipinski definition) is 1. The monoisotopic (exact) mass is 271 g/mol. The van der Waals surface area contributed by atoms with E-state index in [2.05, 4.69) is 16.6 Å². The minimum atomic E-state index is -0.514. The number of rotatable bonds is 2. The topological polar surface area (TPSA) is 52.3 Å². The Balaban J connectivity index is 3.16. The van der Waals surface area contributed by atoms with Crippen LogP contribution in [0.25, 0.3) is 0 Å². The number of anilines is 1. The van der Waals surface area contributed by atoms with E-state index in [1.54, 1.807) is 0 Å². The Morgan fingerprint density at radius 1 is 1.53 bits per heavy atom. The van der Waals surface area contributed by atoms with Gasteiger partial charge >= 0.3 is 5.97 Å². The van der Waals surface area contributed by atoms with E-state index in [-0.39, 0.29) is 11.3 Å². The fourth-order valence-electron chi connectivity index (χ4n) is 1.18. The van der Waals surface area contributed by atoms with Gasteiger partial charge in [-0.2, -0.15) is 0 Å². The molecule has 0 radical (unpaired) electrons. The number of nitrogen functional groups attached to an aromatic ring is 1. The lowest BCUT2D eigenvalue weighted by atomic mass is 10.1. The number of methoxy groups -OCH3 is 1. The van der Waals surface area contributed by atoms with Crippen LogP contribution in [0.4, 0.5) is 5.69 Å². The summed E-state index contributed by atoms with van der Waals surface area (Å²) < 4.78 is 4.61. The van der Waals surface area contributed by atoms with Crippen LogP contribution in [0, 0.1) is 11.8 Å². The van der Waals surface area contributed by atoms with Gasteiger partial charge in [-0.15, -0.1) is 11.6 Å². The Bertz CT molecular complexity index is 489. The van der Waals surface area contributed by atoms with Crippen LogP contribution in [0.15, 0.2) is 12.1 Å². The van der Waals surface area contributed by atoms with E-state index < -0.39 is 5.97 Å². The molecule has 0 aromatic heterocycles. The van der Waals surface area contributed by atoms with Crippen LogP contribution in [0.3, 0.4) is 0 Å². The van der Waals surface area contributed by atoms with Crippen LogP contribution in [0.2, 0.25) is 5.02 Å². The molecule has 0 heterocycles. The summed E-state index contributed by atoms with van der Waals surface area (Å²) in [5.41, 5.74) is 6.73. The normalized spacial score (nSPS) is 9.35. The third-order valence-electron chi connectivity index (χ3n) is 1.99. The molecule has 17 heavy (non-hydrogen) atoms. The van der Waals surface area contributed by atoms with Crippen LogP contribution < -0.4 is 5.73 Å². The fraction of sp³-hybridized carbons (Fsp3) is 0.250. The van der Waals surface area contributed by atoms with Gasteiger partial charge in [-0.25, -0.2) is 4.79 Å². The summed E-state index contributed by atoms with van der Waals surface area (Å²) in [6.45, 7) is 0. The maximum Gasteiger partial charge on any atom is 0.340 e. The number of carbonyl (C=O) groups is 1. The van der Waals surface area contributed by atoms with E-state index in [4.69, 9.17) is 28.9 Å². The van der Waals surface area contributed by atoms with Crippen molar-refractivity contribution >= 4 is 34.9 Å². The van der Waals surface area contributed by atoms with Crippen molar-refractivity contribution in [2.24, 2.45) is 0 Å². The number of esters is 1. The van der Waals surface area contributed by atoms with Gasteiger partial charge in [0.1, 0.15) is 0 Å². The summed E-state index contributed by atoms with van der Waals surface area (Å²) in [4.78, 5) is 11.4. The summed E-state index contributed by atoms with van der Waals surface area (Å²) in [5, 5.41) is 0.400. The molecule has 0 amide bonds. The van der Waals surface area contributed by atoms with Gasteiger partial charge in [0.25, 0.3) is 0 Å². The molecule has 0 bridgehead atoms. The maximum absolute atomic E-state index is 11.4. The highest BCUT2D eigenvalue weighted by atomic mass is 35.5. The molecule has 90 valence electrons. The minimum Gasteiger partial charge on any atom is -0.465 e. The molecule has 0 atom stereocenters. The molecule has 0 saturated heterocycles. The molecule has 1 aromatic carbocycles. The number of carbonyl (C=O) groups excluding carboxylic acids is 1. The number of halogens is 2. The first-order valence-electron chi connectivity index (χ1n) is 4.82. The van der Waals surface area contributed by atoms with E-state index in [1.165, 1.54) is 19.2 Å². The smallest absolute Gasteiger partial charge is 0.340 e. The first-order chi connectivity index (χ1) is 8.10. The van der Waals surface area contributed by atoms with Gasteiger partial charge in [0.15, 0.2) is 0 Å². The minimum absolute atomic E-state index is 0.257. The zero-order chi connectivity index (χ0) is 12.8. The SMILES string of the molecule is COC(=O)c1cc(C#CCCCl)c(Cl)cc1N. The van der Waals surface area contributed by atoms with Crippen molar-refractivity contribution in [2.45, 2.75) is 6.42 Å². The second kappa shape index (κ2) is 6.39. The number of alkyl halides is 1. The molecule has 1 rings (SSSR count). The van der Waals surface area contributed by atoms with Crippen molar-refractivity contribution in [1.82, 2.24) is 0 Å². The average molecular weight is 272 g/mol. The molecule has 1 aromatic rings.